The average Bonchev–Trinajstić information content (AvgIpc) is 2.50. The van der Waals surface area contributed by atoms with Crippen LogP contribution in [0.1, 0.15) is 6.42 Å². The summed E-state index contributed by atoms with van der Waals surface area (Å²) in [6, 6.07) is 2.01. The Morgan fingerprint density at radius 3 is 2.67 bits per heavy atom. The fourth-order valence-electron chi connectivity index (χ4n) is 1.03. The fraction of sp³-hybridized carbons (Fsp3) is 0.625. The minimum Gasteiger partial charge on any atom is -0.327 e. The summed E-state index contributed by atoms with van der Waals surface area (Å²) >= 11 is 0. The highest BCUT2D eigenvalue weighted by atomic mass is 16.9. The molecule has 1 rings (SSSR count). The van der Waals surface area contributed by atoms with Crippen LogP contribution in [0.2, 0.25) is 0 Å². The predicted molar refractivity (Wildman–Crippen MR) is 41.0 cm³/mol. The van der Waals surface area contributed by atoms with Gasteiger partial charge in [0.05, 0.1) is 18.6 Å². The van der Waals surface area contributed by atoms with Crippen LogP contribution in [0.3, 0.4) is 0 Å². The van der Waals surface area contributed by atoms with E-state index in [0.717, 1.165) is 0 Å². The van der Waals surface area contributed by atoms with Crippen LogP contribution >= 0.6 is 0 Å². The molecule has 0 N–H and O–H groups in total. The summed E-state index contributed by atoms with van der Waals surface area (Å²) in [7, 11) is 2.98. The summed E-state index contributed by atoms with van der Waals surface area (Å²) in [6.07, 6.45) is 3.51. The van der Waals surface area contributed by atoms with Gasteiger partial charge >= 0.3 is 5.97 Å². The van der Waals surface area contributed by atoms with Gasteiger partial charge in [0, 0.05) is 20.3 Å². The Kier molecular flexibility index (Phi) is 2.82. The van der Waals surface area contributed by atoms with E-state index in [1.165, 1.54) is 14.2 Å². The molecule has 0 aromatic carbocycles. The van der Waals surface area contributed by atoms with Crippen molar-refractivity contribution in [1.82, 2.24) is 0 Å². The second kappa shape index (κ2) is 3.68. The lowest BCUT2D eigenvalue weighted by Gasteiger charge is -2.24. The zero-order valence-electron chi connectivity index (χ0n) is 7.11. The van der Waals surface area contributed by atoms with E-state index < -0.39 is 5.97 Å². The third-order valence-electron chi connectivity index (χ3n) is 1.69. The molecule has 0 aromatic heterocycles. The maximum absolute atomic E-state index is 8.40. The topological polar surface area (TPSA) is 51.5 Å². The second-order valence-corrected chi connectivity index (χ2v) is 2.39. The van der Waals surface area contributed by atoms with Gasteiger partial charge in [-0.3, -0.25) is 0 Å². The maximum atomic E-state index is 8.40. The molecule has 1 unspecified atom stereocenters. The van der Waals surface area contributed by atoms with Gasteiger partial charge in [0.25, 0.3) is 0 Å². The zero-order valence-corrected chi connectivity index (χ0v) is 7.11. The molecule has 0 fully saturated rings. The average molecular weight is 169 g/mol. The summed E-state index contributed by atoms with van der Waals surface area (Å²) in [5.74, 6) is -1.08. The predicted octanol–water partition coefficient (Wildman–Crippen LogP) is 0.802. The largest absolute Gasteiger partial charge is 0.327 e. The molecule has 1 atom stereocenters. The minimum absolute atomic E-state index is 0.227. The number of nitriles is 1. The summed E-state index contributed by atoms with van der Waals surface area (Å²) in [5.41, 5.74) is 0. The van der Waals surface area contributed by atoms with Gasteiger partial charge in [-0.25, -0.2) is 0 Å². The lowest BCUT2D eigenvalue weighted by atomic mass is 10.3. The smallest absolute Gasteiger partial charge is 0.304 e. The van der Waals surface area contributed by atoms with Gasteiger partial charge < -0.3 is 14.2 Å². The van der Waals surface area contributed by atoms with Crippen LogP contribution < -0.4 is 0 Å². The molecule has 0 aliphatic carbocycles. The molecule has 12 heavy (non-hydrogen) atoms. The van der Waals surface area contributed by atoms with Crippen molar-refractivity contribution in [2.75, 3.05) is 14.2 Å². The summed E-state index contributed by atoms with van der Waals surface area (Å²) in [6.45, 7) is 0. The monoisotopic (exact) mass is 169 g/mol. The Morgan fingerprint density at radius 1 is 1.58 bits per heavy atom. The van der Waals surface area contributed by atoms with Crippen molar-refractivity contribution in [3.05, 3.63) is 12.2 Å². The number of hydrogen-bond donors (Lipinski definition) is 0. The van der Waals surface area contributed by atoms with E-state index >= 15 is 0 Å². The molecule has 0 saturated carbocycles. The fourth-order valence-corrected chi connectivity index (χ4v) is 1.03. The molecule has 0 aromatic rings. The highest BCUT2D eigenvalue weighted by molar-refractivity contribution is 5.05. The molecule has 0 amide bonds. The first-order valence-corrected chi connectivity index (χ1v) is 3.61. The van der Waals surface area contributed by atoms with E-state index in [0.29, 0.717) is 6.42 Å². The molecule has 0 saturated heterocycles. The van der Waals surface area contributed by atoms with Crippen LogP contribution in [-0.4, -0.2) is 26.3 Å². The highest BCUT2D eigenvalue weighted by Crippen LogP contribution is 2.25. The normalized spacial score (nSPS) is 25.6. The summed E-state index contributed by atoms with van der Waals surface area (Å²) in [5, 5.41) is 8.40. The molecule has 0 spiro atoms. The van der Waals surface area contributed by atoms with E-state index in [1.807, 2.05) is 6.07 Å². The standard InChI is InChI=1S/C8H11NO3/c1-10-8(11-2)5-3-7(12-8)4-6-9/h3,5,7H,4H2,1-2H3. The van der Waals surface area contributed by atoms with Crippen LogP contribution in [0.5, 0.6) is 0 Å². The Balaban J connectivity index is 2.56. The lowest BCUT2D eigenvalue weighted by Crippen LogP contribution is -2.33. The van der Waals surface area contributed by atoms with Gasteiger partial charge in [-0.1, -0.05) is 6.08 Å². The molecule has 66 valence electrons. The van der Waals surface area contributed by atoms with E-state index in [1.54, 1.807) is 12.2 Å². The summed E-state index contributed by atoms with van der Waals surface area (Å²) in [4.78, 5) is 0. The molecule has 4 nitrogen and oxygen atoms in total. The molecule has 0 bridgehead atoms. The van der Waals surface area contributed by atoms with Gasteiger partial charge in [-0.2, -0.15) is 5.26 Å². The van der Waals surface area contributed by atoms with Crippen LogP contribution in [0.4, 0.5) is 0 Å². The Labute approximate surface area is 71.3 Å². The van der Waals surface area contributed by atoms with E-state index in [4.69, 9.17) is 19.5 Å². The van der Waals surface area contributed by atoms with Crippen LogP contribution in [0.15, 0.2) is 12.2 Å². The van der Waals surface area contributed by atoms with E-state index in [2.05, 4.69) is 0 Å². The number of ether oxygens (including phenoxy) is 3. The number of methoxy groups -OCH3 is 2. The van der Waals surface area contributed by atoms with Gasteiger partial charge in [-0.05, 0) is 0 Å². The molecule has 4 heteroatoms. The van der Waals surface area contributed by atoms with Crippen molar-refractivity contribution in [2.24, 2.45) is 0 Å². The SMILES string of the molecule is COC1(OC)C=CC(CC#N)O1. The van der Waals surface area contributed by atoms with Gasteiger partial charge in [-0.15, -0.1) is 0 Å². The molecular formula is C8H11NO3. The van der Waals surface area contributed by atoms with Crippen molar-refractivity contribution in [1.29, 1.82) is 5.26 Å². The van der Waals surface area contributed by atoms with Gasteiger partial charge in [0.2, 0.25) is 0 Å². The first-order chi connectivity index (χ1) is 5.76. The number of rotatable bonds is 3. The van der Waals surface area contributed by atoms with E-state index in [9.17, 15) is 0 Å². The summed E-state index contributed by atoms with van der Waals surface area (Å²) < 4.78 is 15.3. The molecule has 1 aliphatic rings. The zero-order chi connectivity index (χ0) is 9.03. The Morgan fingerprint density at radius 2 is 2.25 bits per heavy atom. The number of nitrogens with zero attached hydrogens (tertiary/aromatic N) is 1. The Bertz CT molecular complexity index is 215. The minimum atomic E-state index is -1.08. The maximum Gasteiger partial charge on any atom is 0.304 e. The van der Waals surface area contributed by atoms with Crippen molar-refractivity contribution >= 4 is 0 Å². The van der Waals surface area contributed by atoms with Crippen LogP contribution in [-0.2, 0) is 14.2 Å². The van der Waals surface area contributed by atoms with Crippen molar-refractivity contribution in [3.63, 3.8) is 0 Å². The highest BCUT2D eigenvalue weighted by Gasteiger charge is 2.35. The third kappa shape index (κ3) is 1.64. The second-order valence-electron chi connectivity index (χ2n) is 2.39. The molecule has 1 aliphatic heterocycles. The van der Waals surface area contributed by atoms with Crippen LogP contribution in [0, 0.1) is 11.3 Å². The van der Waals surface area contributed by atoms with Crippen LogP contribution in [0.25, 0.3) is 0 Å². The first-order valence-electron chi connectivity index (χ1n) is 3.61. The van der Waals surface area contributed by atoms with Gasteiger partial charge in [0.1, 0.15) is 0 Å². The van der Waals surface area contributed by atoms with Crippen molar-refractivity contribution in [3.8, 4) is 6.07 Å². The Hall–Kier alpha value is -0.890. The lowest BCUT2D eigenvalue weighted by molar-refractivity contribution is -0.329. The third-order valence-corrected chi connectivity index (χ3v) is 1.69. The first kappa shape index (κ1) is 9.20. The van der Waals surface area contributed by atoms with Gasteiger partial charge in [0.15, 0.2) is 0 Å². The molecule has 0 radical (unpaired) electrons. The number of hydrogen-bond acceptors (Lipinski definition) is 4. The van der Waals surface area contributed by atoms with Crippen molar-refractivity contribution in [2.45, 2.75) is 18.5 Å². The van der Waals surface area contributed by atoms with Crippen molar-refractivity contribution < 1.29 is 14.2 Å². The molecule has 1 heterocycles. The van der Waals surface area contributed by atoms with E-state index in [-0.39, 0.29) is 6.10 Å². The molecular weight excluding hydrogens is 158 g/mol. The quantitative estimate of drug-likeness (QED) is 0.463.